The van der Waals surface area contributed by atoms with Crippen molar-refractivity contribution in [2.24, 2.45) is 5.92 Å². The lowest BCUT2D eigenvalue weighted by atomic mass is 9.95. The molecule has 0 bridgehead atoms. The summed E-state index contributed by atoms with van der Waals surface area (Å²) in [7, 11) is 0. The Morgan fingerprint density at radius 3 is 1.24 bits per heavy atom. The largest absolute Gasteiger partial charge is 0.481 e. The number of aliphatic carboxylic acids is 2. The molecule has 0 amide bonds. The van der Waals surface area contributed by atoms with Gasteiger partial charge in [0, 0.05) is 6.42 Å². The first-order chi connectivity index (χ1) is 21.9. The third-order valence-electron chi connectivity index (χ3n) is 8.33. The van der Waals surface area contributed by atoms with Crippen LogP contribution >= 0.6 is 0 Å². The van der Waals surface area contributed by atoms with Crippen LogP contribution in [0.2, 0.25) is 0 Å². The van der Waals surface area contributed by atoms with Gasteiger partial charge in [-0.2, -0.15) is 0 Å². The second-order valence-electron chi connectivity index (χ2n) is 12.9. The summed E-state index contributed by atoms with van der Waals surface area (Å²) < 4.78 is 0. The van der Waals surface area contributed by atoms with Crippen LogP contribution in [0.25, 0.3) is 0 Å². The Morgan fingerprint density at radius 2 is 0.889 bits per heavy atom. The minimum atomic E-state index is -0.919. The molecule has 0 aliphatic rings. The minimum absolute atomic E-state index is 0.146. The summed E-state index contributed by atoms with van der Waals surface area (Å²) in [5.74, 6) is -2.08. The zero-order chi connectivity index (χ0) is 33.6. The molecule has 0 aromatic carbocycles. The van der Waals surface area contributed by atoms with Crippen molar-refractivity contribution in [1.82, 2.24) is 0 Å². The van der Waals surface area contributed by atoms with Crippen LogP contribution in [0.3, 0.4) is 0 Å². The highest BCUT2D eigenvalue weighted by molar-refractivity contribution is 5.69. The summed E-state index contributed by atoms with van der Waals surface area (Å²) >= 11 is 0. The standard InChI is InChI=1S/C21H40O4.C18H34O2/c1-2-3-4-5-6-7-8-9-10-11-12-13-14-15-16-19(21(24)25)17-20(23)18-22;1-2-3-4-5-6-7-8-9-10-11-12-13-14-15-16-17-18(19)20/h9-10,19-20,22-23H,2-8,11-18H2,1H3,(H,24,25);9-10H,2-8,11-17H2,1H3,(H,19,20)/b2*10-9-. The molecular formula is C39H74O6. The van der Waals surface area contributed by atoms with Gasteiger partial charge in [0.15, 0.2) is 0 Å². The Morgan fingerprint density at radius 1 is 0.533 bits per heavy atom. The Bertz CT molecular complexity index is 674. The number of allylic oxidation sites excluding steroid dienone is 4. The highest BCUT2D eigenvalue weighted by atomic mass is 16.4. The number of rotatable bonds is 33. The van der Waals surface area contributed by atoms with Gasteiger partial charge in [-0.25, -0.2) is 0 Å². The topological polar surface area (TPSA) is 115 Å². The molecule has 6 nitrogen and oxygen atoms in total. The van der Waals surface area contributed by atoms with Gasteiger partial charge in [-0.05, 0) is 70.6 Å². The van der Waals surface area contributed by atoms with Crippen LogP contribution in [0.15, 0.2) is 24.3 Å². The van der Waals surface area contributed by atoms with Gasteiger partial charge in [-0.15, -0.1) is 0 Å². The van der Waals surface area contributed by atoms with E-state index in [0.717, 1.165) is 44.9 Å². The van der Waals surface area contributed by atoms with Gasteiger partial charge in [0.2, 0.25) is 0 Å². The molecule has 6 heteroatoms. The van der Waals surface area contributed by atoms with Crippen molar-refractivity contribution >= 4 is 11.9 Å². The fourth-order valence-corrected chi connectivity index (χ4v) is 5.38. The lowest BCUT2D eigenvalue weighted by Crippen LogP contribution is -2.23. The summed E-state index contributed by atoms with van der Waals surface area (Å²) in [5, 5.41) is 35.8. The Hall–Kier alpha value is -1.66. The molecule has 0 spiro atoms. The van der Waals surface area contributed by atoms with Crippen molar-refractivity contribution in [2.75, 3.05) is 6.61 Å². The lowest BCUT2D eigenvalue weighted by Gasteiger charge is -2.14. The summed E-state index contributed by atoms with van der Waals surface area (Å²) in [4.78, 5) is 21.4. The van der Waals surface area contributed by atoms with Gasteiger partial charge in [0.1, 0.15) is 0 Å². The van der Waals surface area contributed by atoms with Crippen molar-refractivity contribution in [2.45, 2.75) is 200 Å². The number of carboxylic acids is 2. The summed E-state index contributed by atoms with van der Waals surface area (Å²) in [5.41, 5.74) is 0. The smallest absolute Gasteiger partial charge is 0.306 e. The predicted molar refractivity (Wildman–Crippen MR) is 191 cm³/mol. The summed E-state index contributed by atoms with van der Waals surface area (Å²) in [6.07, 6.45) is 40.2. The molecule has 2 unspecified atom stereocenters. The average molecular weight is 639 g/mol. The molecule has 0 radical (unpaired) electrons. The number of unbranched alkanes of at least 4 members (excludes halogenated alkanes) is 21. The van der Waals surface area contributed by atoms with E-state index < -0.39 is 24.0 Å². The maximum atomic E-state index is 11.1. The van der Waals surface area contributed by atoms with Crippen LogP contribution in [-0.2, 0) is 9.59 Å². The zero-order valence-corrected chi connectivity index (χ0v) is 29.6. The van der Waals surface area contributed by atoms with E-state index in [-0.39, 0.29) is 13.0 Å². The molecule has 0 aliphatic heterocycles. The van der Waals surface area contributed by atoms with E-state index in [0.29, 0.717) is 12.8 Å². The highest BCUT2D eigenvalue weighted by Crippen LogP contribution is 2.17. The van der Waals surface area contributed by atoms with E-state index >= 15 is 0 Å². The zero-order valence-electron chi connectivity index (χ0n) is 29.6. The quantitative estimate of drug-likeness (QED) is 0.0420. The third kappa shape index (κ3) is 40.3. The SMILES string of the molecule is CCCCCCCC/C=C\CCCCCCC(CC(O)CO)C(=O)O.CCCCCCCC/C=C\CCCCCCCC(=O)O. The van der Waals surface area contributed by atoms with E-state index in [2.05, 4.69) is 38.2 Å². The van der Waals surface area contributed by atoms with Crippen molar-refractivity contribution in [3.05, 3.63) is 24.3 Å². The van der Waals surface area contributed by atoms with E-state index in [1.807, 2.05) is 0 Å². The summed E-state index contributed by atoms with van der Waals surface area (Å²) in [6, 6.07) is 0. The van der Waals surface area contributed by atoms with Crippen LogP contribution in [0, 0.1) is 5.92 Å². The first kappa shape index (κ1) is 45.5. The molecule has 0 aliphatic carbocycles. The van der Waals surface area contributed by atoms with Crippen molar-refractivity contribution in [3.8, 4) is 0 Å². The highest BCUT2D eigenvalue weighted by Gasteiger charge is 2.20. The van der Waals surface area contributed by atoms with E-state index in [4.69, 9.17) is 15.3 Å². The van der Waals surface area contributed by atoms with Crippen molar-refractivity contribution < 1.29 is 30.0 Å². The second kappa shape index (κ2) is 38.5. The Labute approximate surface area is 278 Å². The third-order valence-corrected chi connectivity index (χ3v) is 8.33. The maximum Gasteiger partial charge on any atom is 0.306 e. The number of carbonyl (C=O) groups is 2. The normalized spacial score (nSPS) is 12.8. The molecule has 4 N–H and O–H groups in total. The molecule has 0 fully saturated rings. The molecular weight excluding hydrogens is 564 g/mol. The average Bonchev–Trinajstić information content (AvgIpc) is 3.02. The Kier molecular flexibility index (Phi) is 38.9. The van der Waals surface area contributed by atoms with Crippen LogP contribution in [0.5, 0.6) is 0 Å². The molecule has 0 heterocycles. The molecule has 266 valence electrons. The van der Waals surface area contributed by atoms with Crippen molar-refractivity contribution in [1.29, 1.82) is 0 Å². The maximum absolute atomic E-state index is 11.1. The van der Waals surface area contributed by atoms with Gasteiger partial charge in [0.05, 0.1) is 18.6 Å². The number of aliphatic hydroxyl groups excluding tert-OH is 2. The molecule has 0 saturated carbocycles. The minimum Gasteiger partial charge on any atom is -0.481 e. The fourth-order valence-electron chi connectivity index (χ4n) is 5.38. The van der Waals surface area contributed by atoms with E-state index in [9.17, 15) is 14.7 Å². The van der Waals surface area contributed by atoms with Crippen LogP contribution < -0.4 is 0 Å². The predicted octanol–water partition coefficient (Wildman–Crippen LogP) is 11.2. The van der Waals surface area contributed by atoms with Gasteiger partial charge in [-0.1, -0.05) is 141 Å². The second-order valence-corrected chi connectivity index (χ2v) is 12.9. The van der Waals surface area contributed by atoms with Crippen LogP contribution in [-0.4, -0.2) is 45.1 Å². The van der Waals surface area contributed by atoms with E-state index in [1.165, 1.54) is 116 Å². The monoisotopic (exact) mass is 639 g/mol. The Balaban J connectivity index is 0. The van der Waals surface area contributed by atoms with Gasteiger partial charge >= 0.3 is 11.9 Å². The molecule has 0 saturated heterocycles. The molecule has 45 heavy (non-hydrogen) atoms. The van der Waals surface area contributed by atoms with Crippen LogP contribution in [0.4, 0.5) is 0 Å². The molecule has 0 rings (SSSR count). The molecule has 0 aromatic rings. The van der Waals surface area contributed by atoms with Gasteiger partial charge < -0.3 is 20.4 Å². The van der Waals surface area contributed by atoms with Gasteiger partial charge in [-0.3, -0.25) is 9.59 Å². The number of hydrogen-bond donors (Lipinski definition) is 4. The first-order valence-electron chi connectivity index (χ1n) is 18.9. The van der Waals surface area contributed by atoms with Crippen molar-refractivity contribution in [3.63, 3.8) is 0 Å². The first-order valence-corrected chi connectivity index (χ1v) is 18.9. The molecule has 2 atom stereocenters. The lowest BCUT2D eigenvalue weighted by molar-refractivity contribution is -0.143. The van der Waals surface area contributed by atoms with Crippen LogP contribution in [0.1, 0.15) is 194 Å². The van der Waals surface area contributed by atoms with Gasteiger partial charge in [0.25, 0.3) is 0 Å². The number of carboxylic acid groups (broad SMARTS) is 2. The number of hydrogen-bond acceptors (Lipinski definition) is 4. The molecule has 0 aromatic heterocycles. The fraction of sp³-hybridized carbons (Fsp3) is 0.846. The van der Waals surface area contributed by atoms with E-state index in [1.54, 1.807) is 0 Å². The summed E-state index contributed by atoms with van der Waals surface area (Å²) in [6.45, 7) is 4.14. The number of aliphatic hydroxyl groups is 2.